The first-order valence-corrected chi connectivity index (χ1v) is 11.1. The number of ether oxygens (including phenoxy) is 3. The van der Waals surface area contributed by atoms with Crippen molar-refractivity contribution in [2.45, 2.75) is 45.1 Å². The Hall–Kier alpha value is -2.69. The molecule has 1 aliphatic carbocycles. The van der Waals surface area contributed by atoms with Crippen molar-refractivity contribution in [1.29, 1.82) is 0 Å². The molecule has 1 saturated carbocycles. The predicted molar refractivity (Wildman–Crippen MR) is 121 cm³/mol. The fourth-order valence-electron chi connectivity index (χ4n) is 5.57. The van der Waals surface area contributed by atoms with Crippen LogP contribution in [0.5, 0.6) is 17.2 Å². The number of hydrogen-bond acceptors (Lipinski definition) is 4. The molecule has 2 fully saturated rings. The molecule has 2 bridgehead atoms. The first kappa shape index (κ1) is 21.5. The quantitative estimate of drug-likeness (QED) is 0.637. The lowest BCUT2D eigenvalue weighted by molar-refractivity contribution is -0.142. The van der Waals surface area contributed by atoms with Gasteiger partial charge >= 0.3 is 0 Å². The van der Waals surface area contributed by atoms with E-state index in [4.69, 9.17) is 14.2 Å². The van der Waals surface area contributed by atoms with E-state index in [2.05, 4.69) is 30.9 Å². The van der Waals surface area contributed by atoms with E-state index in [1.807, 2.05) is 30.3 Å². The number of carbonyl (C=O) groups is 1. The Labute approximate surface area is 185 Å². The van der Waals surface area contributed by atoms with Crippen molar-refractivity contribution in [3.63, 3.8) is 0 Å². The molecule has 2 aliphatic rings. The van der Waals surface area contributed by atoms with Gasteiger partial charge in [-0.1, -0.05) is 44.2 Å². The number of benzene rings is 2. The summed E-state index contributed by atoms with van der Waals surface area (Å²) in [4.78, 5) is 16.1. The van der Waals surface area contributed by atoms with Crippen LogP contribution in [-0.4, -0.2) is 44.7 Å². The number of piperidine rings is 1. The van der Waals surface area contributed by atoms with E-state index >= 15 is 0 Å². The van der Waals surface area contributed by atoms with Crippen molar-refractivity contribution in [3.8, 4) is 17.2 Å². The van der Waals surface area contributed by atoms with Gasteiger partial charge in [0.05, 0.1) is 26.7 Å². The van der Waals surface area contributed by atoms with Gasteiger partial charge in [0.1, 0.15) is 17.2 Å². The summed E-state index contributed by atoms with van der Waals surface area (Å²) in [6, 6.07) is 14.3. The van der Waals surface area contributed by atoms with Gasteiger partial charge in [-0.25, -0.2) is 0 Å². The molecular formula is C26H33NO4. The number of carbonyl (C=O) groups excluding carboxylic acids is 1. The number of amides is 1. The molecule has 5 heteroatoms. The minimum atomic E-state index is -0.693. The molecule has 4 rings (SSSR count). The van der Waals surface area contributed by atoms with Gasteiger partial charge < -0.3 is 19.1 Å². The number of fused-ring (bicyclic) bond motifs is 2. The summed E-state index contributed by atoms with van der Waals surface area (Å²) in [5, 5.41) is 0. The van der Waals surface area contributed by atoms with Crippen molar-refractivity contribution in [3.05, 3.63) is 53.6 Å². The van der Waals surface area contributed by atoms with E-state index in [0.717, 1.165) is 30.5 Å². The number of hydrogen-bond donors (Lipinski definition) is 0. The molecule has 31 heavy (non-hydrogen) atoms. The van der Waals surface area contributed by atoms with Crippen molar-refractivity contribution in [2.75, 3.05) is 27.9 Å². The van der Waals surface area contributed by atoms with E-state index in [0.29, 0.717) is 29.2 Å². The molecule has 3 unspecified atom stereocenters. The average Bonchev–Trinajstić information content (AvgIpc) is 3.43. The zero-order valence-electron chi connectivity index (χ0n) is 19.2. The highest BCUT2D eigenvalue weighted by Crippen LogP contribution is 2.51. The minimum Gasteiger partial charge on any atom is -0.496 e. The topological polar surface area (TPSA) is 48.0 Å². The number of methoxy groups -OCH3 is 3. The number of rotatable bonds is 7. The lowest BCUT2D eigenvalue weighted by Crippen LogP contribution is -2.47. The highest BCUT2D eigenvalue weighted by Gasteiger charge is 2.49. The molecule has 3 atom stereocenters. The molecule has 1 amide bonds. The van der Waals surface area contributed by atoms with E-state index in [-0.39, 0.29) is 11.8 Å². The Bertz CT molecular complexity index is 915. The molecule has 166 valence electrons. The molecule has 0 N–H and O–H groups in total. The highest BCUT2D eigenvalue weighted by atomic mass is 16.5. The van der Waals surface area contributed by atoms with Crippen LogP contribution in [0.15, 0.2) is 42.5 Å². The Morgan fingerprint density at radius 1 is 1.00 bits per heavy atom. The zero-order chi connectivity index (χ0) is 22.2. The van der Waals surface area contributed by atoms with Crippen molar-refractivity contribution < 1.29 is 19.0 Å². The molecule has 1 aliphatic heterocycles. The molecule has 1 saturated heterocycles. The zero-order valence-corrected chi connectivity index (χ0v) is 19.2. The van der Waals surface area contributed by atoms with Gasteiger partial charge in [-0.2, -0.15) is 0 Å². The fraction of sp³-hybridized carbons (Fsp3) is 0.500. The molecule has 2 aromatic carbocycles. The summed E-state index contributed by atoms with van der Waals surface area (Å²) in [5.74, 6) is 2.60. The standard InChI is InChI=1S/C26H33NO4/c1-26(2,25(28)27-16-17-11-12-19(27)13-17)24(18-9-7-6-8-10-18)23-21(30-4)14-20(29-3)15-22(23)31-5/h6-10,14-15,17,19,24H,11-13,16H2,1-5H3. The number of nitrogens with zero attached hydrogens (tertiary/aromatic N) is 1. The third-order valence-electron chi connectivity index (χ3n) is 7.12. The van der Waals surface area contributed by atoms with Gasteiger partial charge in [0.15, 0.2) is 0 Å². The number of likely N-dealkylation sites (tertiary alicyclic amines) is 1. The molecule has 5 nitrogen and oxygen atoms in total. The summed E-state index contributed by atoms with van der Waals surface area (Å²) in [6.45, 7) is 5.00. The summed E-state index contributed by atoms with van der Waals surface area (Å²) in [6.07, 6.45) is 3.52. The third-order valence-corrected chi connectivity index (χ3v) is 7.12. The van der Waals surface area contributed by atoms with E-state index in [9.17, 15) is 4.79 Å². The highest BCUT2D eigenvalue weighted by molar-refractivity contribution is 5.85. The van der Waals surface area contributed by atoms with Crippen LogP contribution in [-0.2, 0) is 4.79 Å². The van der Waals surface area contributed by atoms with Crippen LogP contribution in [0.2, 0.25) is 0 Å². The van der Waals surface area contributed by atoms with Crippen molar-refractivity contribution in [2.24, 2.45) is 11.3 Å². The largest absolute Gasteiger partial charge is 0.496 e. The summed E-state index contributed by atoms with van der Waals surface area (Å²) < 4.78 is 17.0. The van der Waals surface area contributed by atoms with Gasteiger partial charge in [-0.3, -0.25) is 4.79 Å². The van der Waals surface area contributed by atoms with Crippen LogP contribution in [0.3, 0.4) is 0 Å². The van der Waals surface area contributed by atoms with Crippen LogP contribution in [0.4, 0.5) is 0 Å². The maximum Gasteiger partial charge on any atom is 0.229 e. The molecule has 1 heterocycles. The maximum absolute atomic E-state index is 14.0. The van der Waals surface area contributed by atoms with E-state index < -0.39 is 5.41 Å². The lowest BCUT2D eigenvalue weighted by Gasteiger charge is -2.40. The SMILES string of the molecule is COc1cc(OC)c(C(c2ccccc2)C(C)(C)C(=O)N2CC3CCC2C3)c(OC)c1. The minimum absolute atomic E-state index is 0.202. The fourth-order valence-corrected chi connectivity index (χ4v) is 5.57. The van der Waals surface area contributed by atoms with Gasteiger partial charge in [0.25, 0.3) is 0 Å². The third kappa shape index (κ3) is 3.75. The van der Waals surface area contributed by atoms with Crippen molar-refractivity contribution in [1.82, 2.24) is 4.90 Å². The Morgan fingerprint density at radius 2 is 1.65 bits per heavy atom. The lowest BCUT2D eigenvalue weighted by atomic mass is 9.69. The monoisotopic (exact) mass is 423 g/mol. The van der Waals surface area contributed by atoms with Crippen LogP contribution in [0.1, 0.15) is 50.2 Å². The summed E-state index contributed by atoms with van der Waals surface area (Å²) in [5.41, 5.74) is 1.24. The molecule has 0 spiro atoms. The van der Waals surface area contributed by atoms with Crippen LogP contribution < -0.4 is 14.2 Å². The second-order valence-electron chi connectivity index (χ2n) is 9.30. The van der Waals surface area contributed by atoms with Gasteiger partial charge in [-0.15, -0.1) is 0 Å². The van der Waals surface area contributed by atoms with E-state index in [1.165, 1.54) is 6.42 Å². The normalized spacial score (nSPS) is 21.1. The predicted octanol–water partition coefficient (Wildman–Crippen LogP) is 4.88. The van der Waals surface area contributed by atoms with Gasteiger partial charge in [-0.05, 0) is 30.7 Å². The van der Waals surface area contributed by atoms with Gasteiger partial charge in [0, 0.05) is 36.2 Å². The molecule has 2 aromatic rings. The Morgan fingerprint density at radius 3 is 2.13 bits per heavy atom. The molecule has 0 aromatic heterocycles. The van der Waals surface area contributed by atoms with Crippen LogP contribution in [0, 0.1) is 11.3 Å². The van der Waals surface area contributed by atoms with Crippen LogP contribution >= 0.6 is 0 Å². The van der Waals surface area contributed by atoms with E-state index in [1.54, 1.807) is 21.3 Å². The molecular weight excluding hydrogens is 390 g/mol. The first-order chi connectivity index (χ1) is 14.9. The van der Waals surface area contributed by atoms with Crippen LogP contribution in [0.25, 0.3) is 0 Å². The Balaban J connectivity index is 1.85. The summed E-state index contributed by atoms with van der Waals surface area (Å²) >= 11 is 0. The summed E-state index contributed by atoms with van der Waals surface area (Å²) in [7, 11) is 4.92. The Kier molecular flexibility index (Phi) is 5.87. The second kappa shape index (κ2) is 8.45. The second-order valence-corrected chi connectivity index (χ2v) is 9.30. The average molecular weight is 424 g/mol. The van der Waals surface area contributed by atoms with Crippen molar-refractivity contribution >= 4 is 5.91 Å². The first-order valence-electron chi connectivity index (χ1n) is 11.1. The maximum atomic E-state index is 14.0. The molecule has 0 radical (unpaired) electrons. The van der Waals surface area contributed by atoms with Gasteiger partial charge in [0.2, 0.25) is 5.91 Å². The smallest absolute Gasteiger partial charge is 0.229 e.